The van der Waals surface area contributed by atoms with Crippen molar-refractivity contribution in [2.75, 3.05) is 39.8 Å². The highest BCUT2D eigenvalue weighted by Crippen LogP contribution is 2.28. The largest absolute Gasteiger partial charge is 0.339 e. The summed E-state index contributed by atoms with van der Waals surface area (Å²) in [5, 5.41) is 3.29. The second-order valence-electron chi connectivity index (χ2n) is 6.18. The highest BCUT2D eigenvalue weighted by atomic mass is 16.2. The summed E-state index contributed by atoms with van der Waals surface area (Å²) in [6.07, 6.45) is 6.82. The van der Waals surface area contributed by atoms with Crippen molar-refractivity contribution in [2.45, 2.75) is 45.1 Å². The number of hydrogen-bond acceptors (Lipinski definition) is 3. The topological polar surface area (TPSA) is 35.6 Å². The maximum absolute atomic E-state index is 12.3. The number of nitrogens with zero attached hydrogens (tertiary/aromatic N) is 2. The number of carbonyl (C=O) groups is 1. The average Bonchev–Trinajstić information content (AvgIpc) is 2.48. The first kappa shape index (κ1) is 14.8. The Morgan fingerprint density at radius 3 is 2.53 bits per heavy atom. The van der Waals surface area contributed by atoms with Crippen molar-refractivity contribution >= 4 is 5.91 Å². The van der Waals surface area contributed by atoms with E-state index in [1.165, 1.54) is 32.1 Å². The van der Waals surface area contributed by atoms with Gasteiger partial charge in [0.25, 0.3) is 0 Å². The number of hydrogen-bond donors (Lipinski definition) is 1. The smallest absolute Gasteiger partial charge is 0.236 e. The van der Waals surface area contributed by atoms with Crippen molar-refractivity contribution in [1.29, 1.82) is 0 Å². The summed E-state index contributed by atoms with van der Waals surface area (Å²) in [7, 11) is 2.11. The molecule has 1 heterocycles. The lowest BCUT2D eigenvalue weighted by Crippen LogP contribution is -2.50. The van der Waals surface area contributed by atoms with Crippen LogP contribution in [0.3, 0.4) is 0 Å². The molecule has 2 fully saturated rings. The molecule has 110 valence electrons. The summed E-state index contributed by atoms with van der Waals surface area (Å²) in [5.74, 6) is 1.08. The van der Waals surface area contributed by atoms with Crippen molar-refractivity contribution in [3.63, 3.8) is 0 Å². The number of piperazine rings is 1. The molecule has 4 nitrogen and oxygen atoms in total. The van der Waals surface area contributed by atoms with Crippen LogP contribution in [-0.4, -0.2) is 61.5 Å². The zero-order valence-electron chi connectivity index (χ0n) is 12.5. The Morgan fingerprint density at radius 2 is 1.89 bits per heavy atom. The molecule has 1 unspecified atom stereocenters. The molecular formula is C15H29N3O. The summed E-state index contributed by atoms with van der Waals surface area (Å²) >= 11 is 0. The Labute approximate surface area is 117 Å². The Kier molecular flexibility index (Phi) is 5.64. The minimum Gasteiger partial charge on any atom is -0.339 e. The Balaban J connectivity index is 1.78. The van der Waals surface area contributed by atoms with E-state index in [1.54, 1.807) is 0 Å². The highest BCUT2D eigenvalue weighted by molar-refractivity contribution is 5.78. The molecule has 1 atom stereocenters. The molecule has 1 aliphatic heterocycles. The van der Waals surface area contributed by atoms with Gasteiger partial charge in [0.1, 0.15) is 0 Å². The zero-order chi connectivity index (χ0) is 13.7. The van der Waals surface area contributed by atoms with E-state index >= 15 is 0 Å². The molecule has 0 aromatic carbocycles. The first-order valence-corrected chi connectivity index (χ1v) is 7.87. The lowest BCUT2D eigenvalue weighted by Gasteiger charge is -2.35. The maximum Gasteiger partial charge on any atom is 0.236 e. The third kappa shape index (κ3) is 4.18. The van der Waals surface area contributed by atoms with Crippen molar-refractivity contribution in [3.05, 3.63) is 0 Å². The molecule has 0 radical (unpaired) electrons. The van der Waals surface area contributed by atoms with Gasteiger partial charge in [-0.05, 0) is 32.7 Å². The second kappa shape index (κ2) is 7.25. The molecule has 0 bridgehead atoms. The SMILES string of the molecule is CC(C1CCCCC1)N(C)CC(=O)N1CCNCC1. The molecule has 2 rings (SSSR count). The quantitative estimate of drug-likeness (QED) is 0.834. The normalized spacial score (nSPS) is 23.6. The minimum absolute atomic E-state index is 0.298. The minimum atomic E-state index is 0.298. The molecule has 1 aliphatic carbocycles. The van der Waals surface area contributed by atoms with Crippen LogP contribution < -0.4 is 5.32 Å². The van der Waals surface area contributed by atoms with Gasteiger partial charge in [-0.1, -0.05) is 19.3 Å². The van der Waals surface area contributed by atoms with Gasteiger partial charge in [-0.3, -0.25) is 9.69 Å². The van der Waals surface area contributed by atoms with Gasteiger partial charge in [-0.2, -0.15) is 0 Å². The van der Waals surface area contributed by atoms with Crippen molar-refractivity contribution in [1.82, 2.24) is 15.1 Å². The van der Waals surface area contributed by atoms with Crippen LogP contribution in [0.1, 0.15) is 39.0 Å². The summed E-state index contributed by atoms with van der Waals surface area (Å²) in [6.45, 7) is 6.48. The zero-order valence-corrected chi connectivity index (χ0v) is 12.5. The molecule has 1 saturated heterocycles. The van der Waals surface area contributed by atoms with Crippen molar-refractivity contribution < 1.29 is 4.79 Å². The summed E-state index contributed by atoms with van der Waals surface area (Å²) in [4.78, 5) is 16.5. The van der Waals surface area contributed by atoms with Crippen LogP contribution in [0.4, 0.5) is 0 Å². The first-order chi connectivity index (χ1) is 9.18. The third-order valence-corrected chi connectivity index (χ3v) is 4.88. The van der Waals surface area contributed by atoms with Gasteiger partial charge >= 0.3 is 0 Å². The van der Waals surface area contributed by atoms with Crippen molar-refractivity contribution in [2.24, 2.45) is 5.92 Å². The van der Waals surface area contributed by atoms with Crippen LogP contribution in [0.2, 0.25) is 0 Å². The van der Waals surface area contributed by atoms with Crippen LogP contribution in [-0.2, 0) is 4.79 Å². The molecule has 4 heteroatoms. The van der Waals surface area contributed by atoms with Crippen LogP contribution >= 0.6 is 0 Å². The van der Waals surface area contributed by atoms with Crippen LogP contribution in [0.15, 0.2) is 0 Å². The Hall–Kier alpha value is -0.610. The van der Waals surface area contributed by atoms with Gasteiger partial charge in [-0.15, -0.1) is 0 Å². The van der Waals surface area contributed by atoms with E-state index in [2.05, 4.69) is 24.2 Å². The van der Waals surface area contributed by atoms with E-state index in [0.29, 0.717) is 18.5 Å². The molecule has 0 aromatic rings. The fourth-order valence-corrected chi connectivity index (χ4v) is 3.35. The number of nitrogens with one attached hydrogen (secondary N) is 1. The predicted octanol–water partition coefficient (Wildman–Crippen LogP) is 1.32. The molecule has 1 amide bonds. The summed E-state index contributed by atoms with van der Waals surface area (Å²) in [5.41, 5.74) is 0. The highest BCUT2D eigenvalue weighted by Gasteiger charge is 2.25. The van der Waals surface area contributed by atoms with Gasteiger partial charge in [0, 0.05) is 32.2 Å². The fourth-order valence-electron chi connectivity index (χ4n) is 3.35. The summed E-state index contributed by atoms with van der Waals surface area (Å²) in [6, 6.07) is 0.534. The first-order valence-electron chi connectivity index (χ1n) is 7.87. The Bertz CT molecular complexity index is 283. The van der Waals surface area contributed by atoms with Gasteiger partial charge in [0.2, 0.25) is 5.91 Å². The van der Waals surface area contributed by atoms with E-state index in [9.17, 15) is 4.79 Å². The van der Waals surface area contributed by atoms with E-state index < -0.39 is 0 Å². The molecule has 19 heavy (non-hydrogen) atoms. The van der Waals surface area contributed by atoms with E-state index in [-0.39, 0.29) is 0 Å². The van der Waals surface area contributed by atoms with E-state index in [1.807, 2.05) is 4.90 Å². The third-order valence-electron chi connectivity index (χ3n) is 4.88. The number of carbonyl (C=O) groups excluding carboxylic acids is 1. The fraction of sp³-hybridized carbons (Fsp3) is 0.933. The van der Waals surface area contributed by atoms with Gasteiger partial charge in [0.15, 0.2) is 0 Å². The van der Waals surface area contributed by atoms with Crippen LogP contribution in [0, 0.1) is 5.92 Å². The Morgan fingerprint density at radius 1 is 1.26 bits per heavy atom. The number of likely N-dealkylation sites (N-methyl/N-ethyl adjacent to an activating group) is 1. The van der Waals surface area contributed by atoms with Gasteiger partial charge in [-0.25, -0.2) is 0 Å². The second-order valence-corrected chi connectivity index (χ2v) is 6.18. The molecule has 0 aromatic heterocycles. The lowest BCUT2D eigenvalue weighted by molar-refractivity contribution is -0.133. The van der Waals surface area contributed by atoms with Gasteiger partial charge < -0.3 is 10.2 Å². The van der Waals surface area contributed by atoms with Crippen molar-refractivity contribution in [3.8, 4) is 0 Å². The predicted molar refractivity (Wildman–Crippen MR) is 78.1 cm³/mol. The van der Waals surface area contributed by atoms with Crippen LogP contribution in [0.5, 0.6) is 0 Å². The van der Waals surface area contributed by atoms with Crippen LogP contribution in [0.25, 0.3) is 0 Å². The maximum atomic E-state index is 12.3. The molecule has 0 spiro atoms. The lowest BCUT2D eigenvalue weighted by atomic mass is 9.84. The molecular weight excluding hydrogens is 238 g/mol. The summed E-state index contributed by atoms with van der Waals surface area (Å²) < 4.78 is 0. The molecule has 1 saturated carbocycles. The monoisotopic (exact) mass is 267 g/mol. The number of rotatable bonds is 4. The van der Waals surface area contributed by atoms with E-state index in [0.717, 1.165) is 32.1 Å². The van der Waals surface area contributed by atoms with Gasteiger partial charge in [0.05, 0.1) is 6.54 Å². The molecule has 2 aliphatic rings. The average molecular weight is 267 g/mol. The molecule has 1 N–H and O–H groups in total. The standard InChI is InChI=1S/C15H29N3O/c1-13(14-6-4-3-5-7-14)17(2)12-15(19)18-10-8-16-9-11-18/h13-14,16H,3-12H2,1-2H3. The van der Waals surface area contributed by atoms with E-state index in [4.69, 9.17) is 0 Å². The number of amides is 1.